The first-order chi connectivity index (χ1) is 6.77. The minimum atomic E-state index is 0.713. The molecule has 1 atom stereocenters. The predicted octanol–water partition coefficient (Wildman–Crippen LogP) is 3.34. The molecule has 1 nitrogen and oxygen atoms in total. The molecule has 0 aromatic rings. The van der Waals surface area contributed by atoms with Crippen LogP contribution in [0.3, 0.4) is 0 Å². The molecule has 2 aliphatic rings. The van der Waals surface area contributed by atoms with Crippen molar-refractivity contribution >= 4 is 0 Å². The van der Waals surface area contributed by atoms with Crippen LogP contribution < -0.4 is 5.32 Å². The largest absolute Gasteiger partial charge is 0.314 e. The molecule has 82 valence electrons. The molecule has 1 heteroatoms. The molecule has 0 aliphatic heterocycles. The number of nitrogens with one attached hydrogen (secondary N) is 1. The van der Waals surface area contributed by atoms with Crippen LogP contribution in [0.2, 0.25) is 0 Å². The van der Waals surface area contributed by atoms with Crippen LogP contribution in [-0.4, -0.2) is 12.6 Å². The smallest absolute Gasteiger partial charge is 0.00951 e. The van der Waals surface area contributed by atoms with Crippen LogP contribution in [0.5, 0.6) is 0 Å². The second-order valence-electron chi connectivity index (χ2n) is 5.50. The molecule has 14 heavy (non-hydrogen) atoms. The van der Waals surface area contributed by atoms with Crippen molar-refractivity contribution < 1.29 is 0 Å². The van der Waals surface area contributed by atoms with Crippen LogP contribution in [-0.2, 0) is 0 Å². The van der Waals surface area contributed by atoms with Gasteiger partial charge in [0.05, 0.1) is 0 Å². The normalized spacial score (nSPS) is 27.9. The highest BCUT2D eigenvalue weighted by Crippen LogP contribution is 2.55. The standard InChI is InChI=1S/C13H25N/c1-3-14-11(2)13(8-9-13)10-12-6-4-5-7-12/h11-12,14H,3-10H2,1-2H3. The van der Waals surface area contributed by atoms with Crippen molar-refractivity contribution in [2.45, 2.75) is 64.8 Å². The molecule has 0 amide bonds. The minimum absolute atomic E-state index is 0.713. The Balaban J connectivity index is 1.82. The Labute approximate surface area is 88.7 Å². The highest BCUT2D eigenvalue weighted by molar-refractivity contribution is 5.01. The summed E-state index contributed by atoms with van der Waals surface area (Å²) in [6.07, 6.45) is 10.5. The summed E-state index contributed by atoms with van der Waals surface area (Å²) < 4.78 is 0. The lowest BCUT2D eigenvalue weighted by Gasteiger charge is -2.26. The van der Waals surface area contributed by atoms with Gasteiger partial charge in [-0.05, 0) is 44.1 Å². The van der Waals surface area contributed by atoms with Crippen molar-refractivity contribution in [1.29, 1.82) is 0 Å². The molecule has 0 spiro atoms. The molecule has 0 aromatic carbocycles. The van der Waals surface area contributed by atoms with Crippen LogP contribution in [0.4, 0.5) is 0 Å². The summed E-state index contributed by atoms with van der Waals surface area (Å²) in [5, 5.41) is 3.62. The average molecular weight is 195 g/mol. The average Bonchev–Trinajstić information content (AvgIpc) is 2.75. The molecule has 0 radical (unpaired) electrons. The lowest BCUT2D eigenvalue weighted by atomic mass is 9.85. The topological polar surface area (TPSA) is 12.0 Å². The Kier molecular flexibility index (Phi) is 3.16. The maximum Gasteiger partial charge on any atom is 0.00951 e. The Bertz CT molecular complexity index is 178. The summed E-state index contributed by atoms with van der Waals surface area (Å²) in [7, 11) is 0. The van der Waals surface area contributed by atoms with E-state index in [2.05, 4.69) is 19.2 Å². The summed E-state index contributed by atoms with van der Waals surface area (Å²) in [4.78, 5) is 0. The van der Waals surface area contributed by atoms with E-state index >= 15 is 0 Å². The zero-order chi connectivity index (χ0) is 10.0. The Morgan fingerprint density at radius 3 is 2.43 bits per heavy atom. The van der Waals surface area contributed by atoms with E-state index in [1.54, 1.807) is 0 Å². The lowest BCUT2D eigenvalue weighted by Crippen LogP contribution is -2.35. The van der Waals surface area contributed by atoms with E-state index in [0.29, 0.717) is 5.41 Å². The van der Waals surface area contributed by atoms with Crippen molar-refractivity contribution in [3.05, 3.63) is 0 Å². The van der Waals surface area contributed by atoms with Crippen molar-refractivity contribution in [3.63, 3.8) is 0 Å². The first-order valence-corrected chi connectivity index (χ1v) is 6.50. The van der Waals surface area contributed by atoms with Crippen molar-refractivity contribution in [2.75, 3.05) is 6.54 Å². The highest BCUT2D eigenvalue weighted by Gasteiger charge is 2.48. The van der Waals surface area contributed by atoms with Crippen LogP contribution in [0.15, 0.2) is 0 Å². The van der Waals surface area contributed by atoms with E-state index in [4.69, 9.17) is 0 Å². The molecule has 2 saturated carbocycles. The third kappa shape index (κ3) is 2.13. The fourth-order valence-corrected chi connectivity index (χ4v) is 3.29. The van der Waals surface area contributed by atoms with Crippen LogP contribution in [0.1, 0.15) is 58.8 Å². The monoisotopic (exact) mass is 195 g/mol. The van der Waals surface area contributed by atoms with E-state index in [1.165, 1.54) is 44.9 Å². The van der Waals surface area contributed by atoms with Crippen LogP contribution in [0, 0.1) is 11.3 Å². The van der Waals surface area contributed by atoms with Gasteiger partial charge < -0.3 is 5.32 Å². The van der Waals surface area contributed by atoms with Crippen LogP contribution >= 0.6 is 0 Å². The van der Waals surface area contributed by atoms with Gasteiger partial charge in [0.15, 0.2) is 0 Å². The van der Waals surface area contributed by atoms with Crippen molar-refractivity contribution in [3.8, 4) is 0 Å². The molecule has 0 bridgehead atoms. The quantitative estimate of drug-likeness (QED) is 0.709. The van der Waals surface area contributed by atoms with Gasteiger partial charge in [-0.1, -0.05) is 32.6 Å². The van der Waals surface area contributed by atoms with E-state index in [9.17, 15) is 0 Å². The fourth-order valence-electron chi connectivity index (χ4n) is 3.29. The van der Waals surface area contributed by atoms with Gasteiger partial charge in [-0.15, -0.1) is 0 Å². The summed E-state index contributed by atoms with van der Waals surface area (Å²) in [5.74, 6) is 1.07. The van der Waals surface area contributed by atoms with Gasteiger partial charge in [0.25, 0.3) is 0 Å². The number of rotatable bonds is 5. The summed E-state index contributed by atoms with van der Waals surface area (Å²) in [6.45, 7) is 5.75. The van der Waals surface area contributed by atoms with Crippen molar-refractivity contribution in [2.24, 2.45) is 11.3 Å². The van der Waals surface area contributed by atoms with E-state index in [-0.39, 0.29) is 0 Å². The minimum Gasteiger partial charge on any atom is -0.314 e. The first-order valence-electron chi connectivity index (χ1n) is 6.50. The van der Waals surface area contributed by atoms with E-state index < -0.39 is 0 Å². The van der Waals surface area contributed by atoms with Crippen LogP contribution in [0.25, 0.3) is 0 Å². The second kappa shape index (κ2) is 4.22. The SMILES string of the molecule is CCNC(C)C1(CC2CCCC2)CC1. The van der Waals surface area contributed by atoms with Gasteiger partial charge in [-0.25, -0.2) is 0 Å². The third-order valence-corrected chi connectivity index (χ3v) is 4.49. The molecular weight excluding hydrogens is 170 g/mol. The molecule has 1 unspecified atom stereocenters. The number of hydrogen-bond acceptors (Lipinski definition) is 1. The maximum atomic E-state index is 3.62. The second-order valence-corrected chi connectivity index (χ2v) is 5.50. The summed E-state index contributed by atoms with van der Waals surface area (Å²) >= 11 is 0. The van der Waals surface area contributed by atoms with Gasteiger partial charge in [0, 0.05) is 6.04 Å². The Morgan fingerprint density at radius 2 is 1.93 bits per heavy atom. The molecule has 2 fully saturated rings. The molecule has 0 saturated heterocycles. The van der Waals surface area contributed by atoms with E-state index in [1.807, 2.05) is 0 Å². The van der Waals surface area contributed by atoms with E-state index in [0.717, 1.165) is 18.5 Å². The summed E-state index contributed by atoms with van der Waals surface area (Å²) in [6, 6.07) is 0.757. The molecule has 2 rings (SSSR count). The Morgan fingerprint density at radius 1 is 1.29 bits per heavy atom. The van der Waals surface area contributed by atoms with Gasteiger partial charge in [-0.2, -0.15) is 0 Å². The zero-order valence-electron chi connectivity index (χ0n) is 9.81. The molecule has 2 aliphatic carbocycles. The van der Waals surface area contributed by atoms with Crippen molar-refractivity contribution in [1.82, 2.24) is 5.32 Å². The summed E-state index contributed by atoms with van der Waals surface area (Å²) in [5.41, 5.74) is 0.713. The predicted molar refractivity (Wildman–Crippen MR) is 61.4 cm³/mol. The van der Waals surface area contributed by atoms with Gasteiger partial charge in [0.1, 0.15) is 0 Å². The third-order valence-electron chi connectivity index (χ3n) is 4.49. The Hall–Kier alpha value is -0.0400. The lowest BCUT2D eigenvalue weighted by molar-refractivity contribution is 0.281. The van der Waals surface area contributed by atoms with Gasteiger partial charge >= 0.3 is 0 Å². The molecular formula is C13H25N. The number of hydrogen-bond donors (Lipinski definition) is 1. The fraction of sp³-hybridized carbons (Fsp3) is 1.00. The molecule has 0 heterocycles. The van der Waals surface area contributed by atoms with Gasteiger partial charge in [0.2, 0.25) is 0 Å². The highest BCUT2D eigenvalue weighted by atomic mass is 14.9. The molecule has 0 aromatic heterocycles. The zero-order valence-corrected chi connectivity index (χ0v) is 9.81. The maximum absolute atomic E-state index is 3.62. The first kappa shape index (κ1) is 10.5. The molecule has 1 N–H and O–H groups in total. The van der Waals surface area contributed by atoms with Gasteiger partial charge in [-0.3, -0.25) is 0 Å².